The van der Waals surface area contributed by atoms with Gasteiger partial charge in [-0.05, 0) is 41.2 Å². The van der Waals surface area contributed by atoms with Crippen LogP contribution in [0.3, 0.4) is 0 Å². The molecule has 1 unspecified atom stereocenters. The third kappa shape index (κ3) is 5.58. The van der Waals surface area contributed by atoms with Gasteiger partial charge in [0.25, 0.3) is 11.4 Å². The number of H-pyrrole nitrogens is 1. The fourth-order valence-electron chi connectivity index (χ4n) is 3.90. The second kappa shape index (κ2) is 10.7. The molecule has 1 aromatic heterocycles. The van der Waals surface area contributed by atoms with Crippen molar-refractivity contribution in [1.82, 2.24) is 9.55 Å². The molecule has 0 amide bonds. The summed E-state index contributed by atoms with van der Waals surface area (Å²) in [4.78, 5) is 49.4. The van der Waals surface area contributed by atoms with E-state index in [-0.39, 0.29) is 16.0 Å². The summed E-state index contributed by atoms with van der Waals surface area (Å²) >= 11 is 2.90. The van der Waals surface area contributed by atoms with Crippen molar-refractivity contribution in [2.24, 2.45) is 4.74 Å². The summed E-state index contributed by atoms with van der Waals surface area (Å²) in [6, 6.07) is 8.16. The van der Waals surface area contributed by atoms with Crippen LogP contribution in [0.4, 0.5) is 8.78 Å². The van der Waals surface area contributed by atoms with Crippen LogP contribution in [0.25, 0.3) is 10.8 Å². The molecule has 0 saturated carbocycles. The van der Waals surface area contributed by atoms with Crippen LogP contribution < -0.4 is 25.4 Å². The number of carboxylic acid groups (broad SMARTS) is 1. The summed E-state index contributed by atoms with van der Waals surface area (Å²) in [5.41, 5.74) is -4.78. The fraction of sp³-hybridized carbons (Fsp3) is 0.348. The molecular formula is C23H21BrF2N3O9P. The Bertz CT molecular complexity index is 1580. The van der Waals surface area contributed by atoms with E-state index in [0.717, 1.165) is 13.1 Å². The van der Waals surface area contributed by atoms with Crippen LogP contribution in [0.1, 0.15) is 20.1 Å². The number of nitrogens with one attached hydrogen (secondary N) is 1. The van der Waals surface area contributed by atoms with E-state index >= 15 is 8.78 Å². The first-order chi connectivity index (χ1) is 18.2. The van der Waals surface area contributed by atoms with E-state index in [4.69, 9.17) is 19.1 Å². The Balaban J connectivity index is 1.67. The third-order valence-corrected chi connectivity index (χ3v) is 7.41. The van der Waals surface area contributed by atoms with Gasteiger partial charge in [-0.2, -0.15) is 0 Å². The number of hydrogen-bond acceptors (Lipinski definition) is 9. The number of benzene rings is 2. The molecule has 1 fully saturated rings. The minimum Gasteiger partial charge on any atom is -0.575 e. The summed E-state index contributed by atoms with van der Waals surface area (Å²) in [5, 5.41) is 20.5. The van der Waals surface area contributed by atoms with E-state index in [1.165, 1.54) is 13.0 Å². The average molecular weight is 632 g/mol. The van der Waals surface area contributed by atoms with Crippen molar-refractivity contribution < 1.29 is 42.7 Å². The van der Waals surface area contributed by atoms with E-state index < -0.39 is 61.9 Å². The highest BCUT2D eigenvalue weighted by Crippen LogP contribution is 2.48. The first kappa shape index (κ1) is 28.8. The molecule has 0 bridgehead atoms. The minimum absolute atomic E-state index is 0.168. The zero-order chi connectivity index (χ0) is 28.7. The number of carboxylic acids is 1. The minimum atomic E-state index is -3.20. The number of hydrogen-bond donors (Lipinski definition) is 3. The number of aliphatic carboxylic acids is 1. The van der Waals surface area contributed by atoms with Crippen LogP contribution in [-0.4, -0.2) is 56.0 Å². The van der Waals surface area contributed by atoms with E-state index in [1.54, 1.807) is 30.3 Å². The molecule has 1 saturated heterocycles. The van der Waals surface area contributed by atoms with E-state index in [0.29, 0.717) is 15.3 Å². The first-order valence-electron chi connectivity index (χ1n) is 11.2. The van der Waals surface area contributed by atoms with Crippen LogP contribution in [0, 0.1) is 0 Å². The monoisotopic (exact) mass is 631 g/mol. The van der Waals surface area contributed by atoms with Crippen molar-refractivity contribution in [2.75, 3.05) is 6.61 Å². The smallest absolute Gasteiger partial charge is 0.395 e. The van der Waals surface area contributed by atoms with Gasteiger partial charge in [-0.3, -0.25) is 18.9 Å². The fourth-order valence-corrected chi connectivity index (χ4v) is 4.99. The Labute approximate surface area is 227 Å². The summed E-state index contributed by atoms with van der Waals surface area (Å²) in [6.07, 6.45) is -3.56. The Morgan fingerprint density at radius 1 is 1.33 bits per heavy atom. The van der Waals surface area contributed by atoms with Crippen molar-refractivity contribution in [2.45, 2.75) is 43.7 Å². The third-order valence-electron chi connectivity index (χ3n) is 5.97. The number of rotatable bonds is 8. The van der Waals surface area contributed by atoms with E-state index in [2.05, 4.69) is 20.7 Å². The second-order valence-electron chi connectivity index (χ2n) is 8.82. The average Bonchev–Trinajstić information content (AvgIpc) is 3.05. The number of carbonyl (C=O) groups is 1. The van der Waals surface area contributed by atoms with Crippen LogP contribution in [0.15, 0.2) is 61.4 Å². The number of halogens is 3. The summed E-state index contributed by atoms with van der Waals surface area (Å²) in [6.45, 7) is 0.898. The lowest BCUT2D eigenvalue weighted by atomic mass is 9.97. The van der Waals surface area contributed by atoms with Gasteiger partial charge in [-0.1, -0.05) is 35.1 Å². The number of nitrogens with zero attached hydrogens (tertiary/aromatic N) is 2. The number of aliphatic hydroxyl groups is 1. The normalized spacial score (nSPS) is 26.0. The maximum Gasteiger partial charge on any atom is 0.395 e. The number of fused-ring (bicyclic) bond motifs is 1. The van der Waals surface area contributed by atoms with Gasteiger partial charge < -0.3 is 24.6 Å². The summed E-state index contributed by atoms with van der Waals surface area (Å²) in [5.74, 6) is -4.91. The molecule has 6 atom stereocenters. The molecule has 208 valence electrons. The molecule has 1 aliphatic heterocycles. The predicted molar refractivity (Wildman–Crippen MR) is 135 cm³/mol. The number of ether oxygens (including phenoxy) is 2. The molecule has 0 aliphatic carbocycles. The summed E-state index contributed by atoms with van der Waals surface area (Å²) in [7, 11) is -2.91. The zero-order valence-corrected chi connectivity index (χ0v) is 22.7. The SMILES string of the molecule is C[C@H](N=[P+]([O-])Oc1c(OC[C@@]2(F)O[C@@H](n3cc(Br)c(=O)[nH]c3=O)[C@](C)(F)[C@@H]2O)ccc2ccccc12)C(=O)O. The van der Waals surface area contributed by atoms with Crippen molar-refractivity contribution in [3.63, 3.8) is 0 Å². The van der Waals surface area contributed by atoms with Crippen molar-refractivity contribution in [3.8, 4) is 11.5 Å². The molecule has 2 aromatic carbocycles. The van der Waals surface area contributed by atoms with E-state index in [9.17, 15) is 24.4 Å². The van der Waals surface area contributed by atoms with Crippen LogP contribution in [0.5, 0.6) is 11.5 Å². The second-order valence-corrected chi connectivity index (χ2v) is 10.6. The maximum absolute atomic E-state index is 15.9. The van der Waals surface area contributed by atoms with Crippen LogP contribution in [-0.2, 0) is 9.53 Å². The highest BCUT2D eigenvalue weighted by molar-refractivity contribution is 9.10. The zero-order valence-electron chi connectivity index (χ0n) is 20.2. The summed E-state index contributed by atoms with van der Waals surface area (Å²) < 4.78 is 51.5. The van der Waals surface area contributed by atoms with Gasteiger partial charge in [0, 0.05) is 11.6 Å². The van der Waals surface area contributed by atoms with Crippen LogP contribution >= 0.6 is 24.1 Å². The highest BCUT2D eigenvalue weighted by atomic mass is 79.9. The molecule has 16 heteroatoms. The lowest BCUT2D eigenvalue weighted by Gasteiger charge is -2.25. The lowest BCUT2D eigenvalue weighted by Crippen LogP contribution is -2.48. The van der Waals surface area contributed by atoms with Gasteiger partial charge in [-0.15, -0.1) is 0 Å². The van der Waals surface area contributed by atoms with Gasteiger partial charge >= 0.3 is 19.8 Å². The Morgan fingerprint density at radius 2 is 2.03 bits per heavy atom. The molecule has 12 nitrogen and oxygen atoms in total. The largest absolute Gasteiger partial charge is 0.575 e. The van der Waals surface area contributed by atoms with Crippen molar-refractivity contribution in [3.05, 3.63) is 67.9 Å². The van der Waals surface area contributed by atoms with Gasteiger partial charge in [0.2, 0.25) is 5.75 Å². The molecule has 39 heavy (non-hydrogen) atoms. The first-order valence-corrected chi connectivity index (χ1v) is 13.1. The van der Waals surface area contributed by atoms with Gasteiger partial charge in [0.05, 0.1) is 4.47 Å². The van der Waals surface area contributed by atoms with Crippen molar-refractivity contribution in [1.29, 1.82) is 0 Å². The van der Waals surface area contributed by atoms with Gasteiger partial charge in [0.1, 0.15) is 0 Å². The predicted octanol–water partition coefficient (Wildman–Crippen LogP) is 2.52. The Kier molecular flexibility index (Phi) is 7.92. The lowest BCUT2D eigenvalue weighted by molar-refractivity contribution is -0.203. The van der Waals surface area contributed by atoms with Crippen molar-refractivity contribution >= 4 is 40.8 Å². The number of aliphatic hydroxyl groups excluding tert-OH is 1. The number of alkyl halides is 2. The molecule has 0 radical (unpaired) electrons. The quantitative estimate of drug-likeness (QED) is 0.315. The van der Waals surface area contributed by atoms with E-state index in [1.807, 2.05) is 4.98 Å². The Morgan fingerprint density at radius 3 is 2.72 bits per heavy atom. The molecule has 3 N–H and O–H groups in total. The molecular weight excluding hydrogens is 611 g/mol. The molecule has 4 rings (SSSR count). The van der Waals surface area contributed by atoms with Gasteiger partial charge in [-0.25, -0.2) is 18.4 Å². The molecule has 0 spiro atoms. The maximum atomic E-state index is 15.9. The number of aromatic nitrogens is 2. The Hall–Kier alpha value is -3.23. The van der Waals surface area contributed by atoms with Crippen LogP contribution in [0.2, 0.25) is 0 Å². The molecule has 1 aliphatic rings. The number of aromatic amines is 1. The standard InChI is InChI=1S/C23H21BrF2N3O9P/c1-11(18(31)32)28-39(35)38-16-13-6-4-3-5-12(13)7-8-15(16)36-10-23(26)19(33)22(2,25)20(37-23)29-9-14(24)17(30)27-21(29)34/h3-9,11,19-20,33H,10H2,1-2H3,(H,31,32)(H,27,30,34)/t11-,19-,20+,22+,23+/m0/s1. The topological polar surface area (TPSA) is 175 Å². The molecule has 2 heterocycles. The molecule has 3 aromatic rings. The highest BCUT2D eigenvalue weighted by Gasteiger charge is 2.65. The van der Waals surface area contributed by atoms with Gasteiger partial charge in [0.15, 0.2) is 36.4 Å².